The third-order valence-corrected chi connectivity index (χ3v) is 7.00. The summed E-state index contributed by atoms with van der Waals surface area (Å²) in [6.45, 7) is 0. The minimum Gasteiger partial charge on any atom is -0.115 e. The maximum atomic E-state index is 5.60. The third-order valence-electron chi connectivity index (χ3n) is 7.00. The standard InChI is InChI=1S/C42H26/c1-2-32-17-23-37(24-18-32)40-29-41(38-25-19-35(20-26-38)15-13-33-9-5-3-6-10-33)31-42(30-40)39-27-21-36(22-28-39)16-14-34-11-7-4-8-12-34/h1,3-12,17-31H. The molecule has 0 bridgehead atoms. The quantitative estimate of drug-likeness (QED) is 0.200. The smallest absolute Gasteiger partial charge is 0.0249 e. The zero-order valence-corrected chi connectivity index (χ0v) is 23.0. The lowest BCUT2D eigenvalue weighted by Crippen LogP contribution is -1.87. The van der Waals surface area contributed by atoms with Crippen molar-refractivity contribution in [2.75, 3.05) is 0 Å². The summed E-state index contributed by atoms with van der Waals surface area (Å²) in [4.78, 5) is 0. The summed E-state index contributed by atoms with van der Waals surface area (Å²) in [5, 5.41) is 0. The Hall–Kier alpha value is -6.00. The fourth-order valence-corrected chi connectivity index (χ4v) is 4.71. The monoisotopic (exact) mass is 530 g/mol. The SMILES string of the molecule is C#Cc1ccc(-c2cc(-c3ccc(C#Cc4ccccc4)cc3)cc(-c3ccc(C#Cc4ccccc4)cc3)c2)cc1. The van der Waals surface area contributed by atoms with Crippen LogP contribution in [0.1, 0.15) is 27.8 Å². The second-order valence-electron chi connectivity index (χ2n) is 9.91. The van der Waals surface area contributed by atoms with E-state index in [4.69, 9.17) is 6.42 Å². The number of terminal acetylenes is 1. The Morgan fingerprint density at radius 3 is 0.881 bits per heavy atom. The molecule has 0 aliphatic rings. The molecule has 0 heteroatoms. The molecule has 6 aromatic carbocycles. The first-order valence-corrected chi connectivity index (χ1v) is 13.8. The van der Waals surface area contributed by atoms with Crippen molar-refractivity contribution >= 4 is 0 Å². The van der Waals surface area contributed by atoms with E-state index >= 15 is 0 Å². The zero-order chi connectivity index (χ0) is 28.6. The molecule has 0 aromatic heterocycles. The Kier molecular flexibility index (Phi) is 7.78. The highest BCUT2D eigenvalue weighted by atomic mass is 14.1. The molecule has 0 spiro atoms. The molecule has 0 nitrogen and oxygen atoms in total. The summed E-state index contributed by atoms with van der Waals surface area (Å²) >= 11 is 0. The summed E-state index contributed by atoms with van der Waals surface area (Å²) in [6.07, 6.45) is 5.60. The van der Waals surface area contributed by atoms with Crippen molar-refractivity contribution in [3.63, 3.8) is 0 Å². The van der Waals surface area contributed by atoms with Gasteiger partial charge in [-0.15, -0.1) is 6.42 Å². The molecule has 0 fully saturated rings. The molecular weight excluding hydrogens is 504 g/mol. The Bertz CT molecular complexity index is 1860. The van der Waals surface area contributed by atoms with Crippen molar-refractivity contribution in [1.29, 1.82) is 0 Å². The molecule has 194 valence electrons. The Labute approximate surface area is 248 Å². The van der Waals surface area contributed by atoms with Crippen LogP contribution in [-0.4, -0.2) is 0 Å². The molecule has 42 heavy (non-hydrogen) atoms. The summed E-state index contributed by atoms with van der Waals surface area (Å²) < 4.78 is 0. The van der Waals surface area contributed by atoms with E-state index in [0.29, 0.717) is 0 Å². The Morgan fingerprint density at radius 2 is 0.571 bits per heavy atom. The lowest BCUT2D eigenvalue weighted by atomic mass is 9.92. The maximum Gasteiger partial charge on any atom is 0.0249 e. The second kappa shape index (κ2) is 12.5. The van der Waals surface area contributed by atoms with Gasteiger partial charge in [-0.05, 0) is 112 Å². The molecule has 6 rings (SSSR count). The summed E-state index contributed by atoms with van der Waals surface area (Å²) in [6, 6.07) is 51.9. The van der Waals surface area contributed by atoms with Crippen LogP contribution in [0.15, 0.2) is 152 Å². The van der Waals surface area contributed by atoms with Gasteiger partial charge in [0, 0.05) is 27.8 Å². The van der Waals surface area contributed by atoms with Crippen molar-refractivity contribution in [1.82, 2.24) is 0 Å². The molecule has 0 N–H and O–H groups in total. The first-order chi connectivity index (χ1) is 20.7. The minimum absolute atomic E-state index is 0.870. The first kappa shape index (κ1) is 26.2. The van der Waals surface area contributed by atoms with E-state index in [1.54, 1.807) is 0 Å². The number of hydrogen-bond acceptors (Lipinski definition) is 0. The number of hydrogen-bond donors (Lipinski definition) is 0. The normalized spacial score (nSPS) is 9.98. The molecule has 0 saturated carbocycles. The summed E-state index contributed by atoms with van der Waals surface area (Å²) in [5.74, 6) is 15.7. The topological polar surface area (TPSA) is 0 Å². The largest absolute Gasteiger partial charge is 0.115 e. The van der Waals surface area contributed by atoms with Crippen molar-refractivity contribution in [2.24, 2.45) is 0 Å². The molecule has 0 atom stereocenters. The van der Waals surface area contributed by atoms with Crippen molar-refractivity contribution < 1.29 is 0 Å². The van der Waals surface area contributed by atoms with Gasteiger partial charge >= 0.3 is 0 Å². The van der Waals surface area contributed by atoms with Gasteiger partial charge in [-0.2, -0.15) is 0 Å². The van der Waals surface area contributed by atoms with Crippen molar-refractivity contribution in [3.8, 4) is 69.4 Å². The van der Waals surface area contributed by atoms with Crippen LogP contribution in [0.4, 0.5) is 0 Å². The van der Waals surface area contributed by atoms with Gasteiger partial charge in [-0.1, -0.05) is 102 Å². The van der Waals surface area contributed by atoms with E-state index in [1.165, 1.54) is 0 Å². The zero-order valence-electron chi connectivity index (χ0n) is 23.0. The van der Waals surface area contributed by atoms with Crippen LogP contribution < -0.4 is 0 Å². The molecule has 0 radical (unpaired) electrons. The molecule has 0 unspecified atom stereocenters. The summed E-state index contributed by atoms with van der Waals surface area (Å²) in [5.41, 5.74) is 11.6. The van der Waals surface area contributed by atoms with Crippen LogP contribution in [0, 0.1) is 36.0 Å². The van der Waals surface area contributed by atoms with E-state index in [0.717, 1.165) is 61.2 Å². The lowest BCUT2D eigenvalue weighted by Gasteiger charge is -2.12. The van der Waals surface area contributed by atoms with E-state index in [1.807, 2.05) is 72.8 Å². The Morgan fingerprint density at radius 1 is 0.286 bits per heavy atom. The number of benzene rings is 6. The molecule has 0 aliphatic heterocycles. The predicted molar refractivity (Wildman–Crippen MR) is 176 cm³/mol. The average molecular weight is 531 g/mol. The molecule has 6 aromatic rings. The third kappa shape index (κ3) is 6.41. The van der Waals surface area contributed by atoms with Gasteiger partial charge in [0.15, 0.2) is 0 Å². The summed E-state index contributed by atoms with van der Waals surface area (Å²) in [7, 11) is 0. The van der Waals surface area contributed by atoms with Crippen LogP contribution in [0.5, 0.6) is 0 Å². The van der Waals surface area contributed by atoms with Gasteiger partial charge in [0.2, 0.25) is 0 Å². The van der Waals surface area contributed by atoms with E-state index in [9.17, 15) is 0 Å². The van der Waals surface area contributed by atoms with Gasteiger partial charge < -0.3 is 0 Å². The maximum absolute atomic E-state index is 5.60. The highest BCUT2D eigenvalue weighted by Gasteiger charge is 2.08. The van der Waals surface area contributed by atoms with Crippen LogP contribution in [-0.2, 0) is 0 Å². The van der Waals surface area contributed by atoms with Crippen LogP contribution >= 0.6 is 0 Å². The van der Waals surface area contributed by atoms with Crippen molar-refractivity contribution in [2.45, 2.75) is 0 Å². The molecule has 0 aliphatic carbocycles. The van der Waals surface area contributed by atoms with Crippen molar-refractivity contribution in [3.05, 3.63) is 179 Å². The predicted octanol–water partition coefficient (Wildman–Crippen LogP) is 9.47. The fourth-order valence-electron chi connectivity index (χ4n) is 4.71. The average Bonchev–Trinajstić information content (AvgIpc) is 3.07. The minimum atomic E-state index is 0.870. The van der Waals surface area contributed by atoms with E-state index < -0.39 is 0 Å². The first-order valence-electron chi connectivity index (χ1n) is 13.8. The van der Waals surface area contributed by atoms with Gasteiger partial charge in [-0.25, -0.2) is 0 Å². The van der Waals surface area contributed by atoms with Crippen LogP contribution in [0.3, 0.4) is 0 Å². The van der Waals surface area contributed by atoms with Crippen LogP contribution in [0.2, 0.25) is 0 Å². The highest BCUT2D eigenvalue weighted by molar-refractivity contribution is 5.81. The van der Waals surface area contributed by atoms with Gasteiger partial charge in [-0.3, -0.25) is 0 Å². The van der Waals surface area contributed by atoms with Gasteiger partial charge in [0.25, 0.3) is 0 Å². The van der Waals surface area contributed by atoms with E-state index in [-0.39, 0.29) is 0 Å². The second-order valence-corrected chi connectivity index (χ2v) is 9.91. The van der Waals surface area contributed by atoms with Crippen LogP contribution in [0.25, 0.3) is 33.4 Å². The van der Waals surface area contributed by atoms with Gasteiger partial charge in [0.05, 0.1) is 0 Å². The highest BCUT2D eigenvalue weighted by Crippen LogP contribution is 2.33. The van der Waals surface area contributed by atoms with Gasteiger partial charge in [0.1, 0.15) is 0 Å². The lowest BCUT2D eigenvalue weighted by molar-refractivity contribution is 1.54. The molecule has 0 amide bonds. The number of rotatable bonds is 3. The Balaban J connectivity index is 1.35. The molecular formula is C42H26. The van der Waals surface area contributed by atoms with E-state index in [2.05, 4.69) is 108 Å². The molecule has 0 heterocycles. The molecule has 0 saturated heterocycles. The fraction of sp³-hybridized carbons (Fsp3) is 0.